The van der Waals surface area contributed by atoms with E-state index in [1.807, 2.05) is 0 Å². The zero-order chi connectivity index (χ0) is 13.1. The summed E-state index contributed by atoms with van der Waals surface area (Å²) in [6, 6.07) is 6.69. The maximum absolute atomic E-state index is 6.43. The second kappa shape index (κ2) is 5.85. The van der Waals surface area contributed by atoms with E-state index in [9.17, 15) is 0 Å². The van der Waals surface area contributed by atoms with Crippen LogP contribution in [0.15, 0.2) is 18.2 Å². The van der Waals surface area contributed by atoms with Crippen LogP contribution in [0.25, 0.3) is 0 Å². The predicted octanol–water partition coefficient (Wildman–Crippen LogP) is 2.99. The summed E-state index contributed by atoms with van der Waals surface area (Å²) in [5, 5.41) is 0. The van der Waals surface area contributed by atoms with Crippen LogP contribution in [0.1, 0.15) is 36.5 Å². The molecule has 3 atom stereocenters. The molecule has 1 saturated heterocycles. The third-order valence-electron chi connectivity index (χ3n) is 4.30. The van der Waals surface area contributed by atoms with Crippen molar-refractivity contribution in [1.29, 1.82) is 0 Å². The van der Waals surface area contributed by atoms with Crippen LogP contribution in [-0.4, -0.2) is 18.8 Å². The van der Waals surface area contributed by atoms with Crippen LogP contribution in [0.3, 0.4) is 0 Å². The molecule has 18 heavy (non-hydrogen) atoms. The summed E-state index contributed by atoms with van der Waals surface area (Å²) in [6.45, 7) is 7.42. The topological polar surface area (TPSA) is 35.2 Å². The van der Waals surface area contributed by atoms with Crippen LogP contribution in [0.4, 0.5) is 0 Å². The molecule has 0 spiro atoms. The number of rotatable bonds is 4. The largest absolute Gasteiger partial charge is 0.378 e. The van der Waals surface area contributed by atoms with Crippen molar-refractivity contribution in [2.75, 3.05) is 6.61 Å². The molecule has 1 heterocycles. The van der Waals surface area contributed by atoms with Gasteiger partial charge in [-0.25, -0.2) is 0 Å². The van der Waals surface area contributed by atoms with Crippen molar-refractivity contribution in [1.82, 2.24) is 0 Å². The molecule has 1 aliphatic rings. The molecular weight excluding hydrogens is 222 g/mol. The Bertz CT molecular complexity index is 382. The molecule has 100 valence electrons. The Morgan fingerprint density at radius 2 is 2.00 bits per heavy atom. The highest BCUT2D eigenvalue weighted by molar-refractivity contribution is 5.34. The average molecular weight is 247 g/mol. The number of nitrogens with two attached hydrogens (primary N) is 1. The minimum absolute atomic E-state index is 0.220. The van der Waals surface area contributed by atoms with Crippen molar-refractivity contribution < 1.29 is 4.74 Å². The van der Waals surface area contributed by atoms with Gasteiger partial charge in [0.15, 0.2) is 0 Å². The summed E-state index contributed by atoms with van der Waals surface area (Å²) in [6.07, 6.45) is 3.53. The molecule has 0 bridgehead atoms. The number of ether oxygens (including phenoxy) is 1. The van der Waals surface area contributed by atoms with Crippen molar-refractivity contribution in [3.05, 3.63) is 34.9 Å². The third-order valence-corrected chi connectivity index (χ3v) is 4.30. The highest BCUT2D eigenvalue weighted by Gasteiger charge is 2.31. The molecule has 1 aromatic rings. The zero-order valence-corrected chi connectivity index (χ0v) is 11.8. The van der Waals surface area contributed by atoms with Crippen LogP contribution in [0.5, 0.6) is 0 Å². The lowest BCUT2D eigenvalue weighted by atomic mass is 9.86. The van der Waals surface area contributed by atoms with Crippen molar-refractivity contribution in [3.63, 3.8) is 0 Å². The smallest absolute Gasteiger partial charge is 0.0616 e. The SMILES string of the molecule is CCC1OCCC1C(N)Cc1c(C)cccc1C. The first-order valence-corrected chi connectivity index (χ1v) is 7.05. The summed E-state index contributed by atoms with van der Waals surface area (Å²) in [4.78, 5) is 0. The standard InChI is InChI=1S/C16H25NO/c1-4-16-13(8-9-18-16)15(17)10-14-11(2)6-5-7-12(14)3/h5-7,13,15-16H,4,8-10,17H2,1-3H3. The van der Waals surface area contributed by atoms with E-state index in [1.165, 1.54) is 16.7 Å². The van der Waals surface area contributed by atoms with Gasteiger partial charge in [-0.2, -0.15) is 0 Å². The molecule has 3 unspecified atom stereocenters. The third kappa shape index (κ3) is 2.76. The van der Waals surface area contributed by atoms with E-state index < -0.39 is 0 Å². The van der Waals surface area contributed by atoms with E-state index in [0.29, 0.717) is 12.0 Å². The lowest BCUT2D eigenvalue weighted by molar-refractivity contribution is 0.0813. The first-order valence-electron chi connectivity index (χ1n) is 7.05. The second-order valence-electron chi connectivity index (χ2n) is 5.51. The highest BCUT2D eigenvalue weighted by Crippen LogP contribution is 2.28. The number of aryl methyl sites for hydroxylation is 2. The van der Waals surface area contributed by atoms with Gasteiger partial charge in [0.05, 0.1) is 6.10 Å². The molecule has 1 aromatic carbocycles. The van der Waals surface area contributed by atoms with Gasteiger partial charge in [-0.15, -0.1) is 0 Å². The monoisotopic (exact) mass is 247 g/mol. The molecule has 0 aliphatic carbocycles. The molecule has 2 nitrogen and oxygen atoms in total. The van der Waals surface area contributed by atoms with Crippen LogP contribution in [0, 0.1) is 19.8 Å². The van der Waals surface area contributed by atoms with E-state index in [-0.39, 0.29) is 6.04 Å². The molecule has 1 fully saturated rings. The second-order valence-corrected chi connectivity index (χ2v) is 5.51. The lowest BCUT2D eigenvalue weighted by Crippen LogP contribution is -2.37. The Kier molecular flexibility index (Phi) is 4.41. The molecular formula is C16H25NO. The van der Waals surface area contributed by atoms with Gasteiger partial charge in [-0.3, -0.25) is 0 Å². The normalized spacial score (nSPS) is 25.3. The van der Waals surface area contributed by atoms with Crippen molar-refractivity contribution >= 4 is 0 Å². The molecule has 0 radical (unpaired) electrons. The number of benzene rings is 1. The number of hydrogen-bond acceptors (Lipinski definition) is 2. The van der Waals surface area contributed by atoms with E-state index in [4.69, 9.17) is 10.5 Å². The van der Waals surface area contributed by atoms with Gasteiger partial charge in [0.2, 0.25) is 0 Å². The van der Waals surface area contributed by atoms with E-state index in [2.05, 4.69) is 39.0 Å². The molecule has 0 saturated carbocycles. The van der Waals surface area contributed by atoms with Crippen molar-refractivity contribution in [2.45, 2.75) is 52.2 Å². The molecule has 0 aromatic heterocycles. The van der Waals surface area contributed by atoms with Gasteiger partial charge in [0.25, 0.3) is 0 Å². The van der Waals surface area contributed by atoms with Crippen LogP contribution < -0.4 is 5.73 Å². The molecule has 2 rings (SSSR count). The molecule has 2 N–H and O–H groups in total. The van der Waals surface area contributed by atoms with Gasteiger partial charge in [-0.05, 0) is 49.8 Å². The molecule has 2 heteroatoms. The zero-order valence-electron chi connectivity index (χ0n) is 11.8. The van der Waals surface area contributed by atoms with Crippen LogP contribution in [-0.2, 0) is 11.2 Å². The summed E-state index contributed by atoms with van der Waals surface area (Å²) >= 11 is 0. The Morgan fingerprint density at radius 3 is 2.61 bits per heavy atom. The van der Waals surface area contributed by atoms with E-state index in [0.717, 1.165) is 25.9 Å². The summed E-state index contributed by atoms with van der Waals surface area (Å²) < 4.78 is 5.75. The lowest BCUT2D eigenvalue weighted by Gasteiger charge is -2.25. The fourth-order valence-corrected chi connectivity index (χ4v) is 3.13. The van der Waals surface area contributed by atoms with Gasteiger partial charge in [0.1, 0.15) is 0 Å². The predicted molar refractivity (Wildman–Crippen MR) is 75.7 cm³/mol. The minimum atomic E-state index is 0.220. The highest BCUT2D eigenvalue weighted by atomic mass is 16.5. The maximum atomic E-state index is 6.43. The van der Waals surface area contributed by atoms with Gasteiger partial charge >= 0.3 is 0 Å². The summed E-state index contributed by atoms with van der Waals surface area (Å²) in [5.74, 6) is 0.522. The Morgan fingerprint density at radius 1 is 1.33 bits per heavy atom. The maximum Gasteiger partial charge on any atom is 0.0616 e. The van der Waals surface area contributed by atoms with Crippen molar-refractivity contribution in [2.24, 2.45) is 11.7 Å². The van der Waals surface area contributed by atoms with Crippen molar-refractivity contribution in [3.8, 4) is 0 Å². The Labute approximate surface area is 111 Å². The summed E-state index contributed by atoms with van der Waals surface area (Å²) in [5.41, 5.74) is 10.6. The first-order chi connectivity index (χ1) is 8.63. The molecule has 1 aliphatic heterocycles. The van der Waals surface area contributed by atoms with E-state index >= 15 is 0 Å². The fraction of sp³-hybridized carbons (Fsp3) is 0.625. The average Bonchev–Trinajstić information content (AvgIpc) is 2.82. The van der Waals surface area contributed by atoms with Gasteiger partial charge in [-0.1, -0.05) is 25.1 Å². The Balaban J connectivity index is 2.09. The summed E-state index contributed by atoms with van der Waals surface area (Å²) in [7, 11) is 0. The van der Waals surface area contributed by atoms with Crippen LogP contribution >= 0.6 is 0 Å². The molecule has 0 amide bonds. The van der Waals surface area contributed by atoms with Crippen LogP contribution in [0.2, 0.25) is 0 Å². The number of hydrogen-bond donors (Lipinski definition) is 1. The fourth-order valence-electron chi connectivity index (χ4n) is 3.13. The quantitative estimate of drug-likeness (QED) is 0.887. The van der Waals surface area contributed by atoms with E-state index in [1.54, 1.807) is 0 Å². The first kappa shape index (κ1) is 13.6. The Hall–Kier alpha value is -0.860. The van der Waals surface area contributed by atoms with Gasteiger partial charge in [0, 0.05) is 18.6 Å². The van der Waals surface area contributed by atoms with Gasteiger partial charge < -0.3 is 10.5 Å². The minimum Gasteiger partial charge on any atom is -0.378 e.